The second-order valence-electron chi connectivity index (χ2n) is 2.22. The highest BCUT2D eigenvalue weighted by molar-refractivity contribution is 7.99. The Morgan fingerprint density at radius 3 is 2.92 bits per heavy atom. The van der Waals surface area contributed by atoms with Gasteiger partial charge in [0, 0.05) is 0 Å². The van der Waals surface area contributed by atoms with Gasteiger partial charge in [0.2, 0.25) is 0 Å². The molecule has 0 saturated heterocycles. The van der Waals surface area contributed by atoms with E-state index in [1.807, 2.05) is 6.92 Å². The minimum atomic E-state index is -1.09. The highest BCUT2D eigenvalue weighted by Gasteiger charge is 2.10. The van der Waals surface area contributed by atoms with Crippen LogP contribution in [-0.4, -0.2) is 21.8 Å². The van der Waals surface area contributed by atoms with Crippen molar-refractivity contribution in [2.75, 3.05) is 5.75 Å². The van der Waals surface area contributed by atoms with Crippen LogP contribution in [0.1, 0.15) is 17.4 Å². The summed E-state index contributed by atoms with van der Waals surface area (Å²) in [4.78, 5) is 14.5. The molecule has 0 saturated carbocycles. The predicted molar refractivity (Wildman–Crippen MR) is 52.6 cm³/mol. The van der Waals surface area contributed by atoms with Crippen LogP contribution >= 0.6 is 23.4 Å². The summed E-state index contributed by atoms with van der Waals surface area (Å²) >= 11 is 7.12. The molecule has 1 aromatic rings. The summed E-state index contributed by atoms with van der Waals surface area (Å²) in [5, 5.41) is 9.56. The van der Waals surface area contributed by atoms with Crippen LogP contribution in [0.25, 0.3) is 0 Å². The fourth-order valence-electron chi connectivity index (χ4n) is 0.802. The third kappa shape index (κ3) is 2.60. The summed E-state index contributed by atoms with van der Waals surface area (Å²) in [5.41, 5.74) is -0.0832. The number of nitrogens with zero attached hydrogens (tertiary/aromatic N) is 1. The highest BCUT2D eigenvalue weighted by Crippen LogP contribution is 2.20. The largest absolute Gasteiger partial charge is 0.476 e. The van der Waals surface area contributed by atoms with E-state index in [9.17, 15) is 4.79 Å². The molecule has 3 nitrogen and oxygen atoms in total. The topological polar surface area (TPSA) is 50.2 Å². The van der Waals surface area contributed by atoms with Crippen molar-refractivity contribution in [2.45, 2.75) is 11.9 Å². The van der Waals surface area contributed by atoms with Gasteiger partial charge in [0.25, 0.3) is 0 Å². The second-order valence-corrected chi connectivity index (χ2v) is 3.91. The number of halogens is 1. The maximum atomic E-state index is 10.6. The molecule has 0 bridgehead atoms. The van der Waals surface area contributed by atoms with Crippen LogP contribution in [0.4, 0.5) is 0 Å². The van der Waals surface area contributed by atoms with Crippen LogP contribution in [-0.2, 0) is 0 Å². The van der Waals surface area contributed by atoms with Crippen molar-refractivity contribution in [3.63, 3.8) is 0 Å². The third-order valence-electron chi connectivity index (χ3n) is 1.32. The summed E-state index contributed by atoms with van der Waals surface area (Å²) in [6.45, 7) is 1.97. The molecule has 0 aliphatic rings. The van der Waals surface area contributed by atoms with Gasteiger partial charge in [-0.3, -0.25) is 0 Å². The number of hydrogen-bond donors (Lipinski definition) is 1. The first-order valence-corrected chi connectivity index (χ1v) is 5.04. The summed E-state index contributed by atoms with van der Waals surface area (Å²) in [6, 6.07) is 3.26. The number of aromatic carboxylic acids is 1. The molecule has 0 amide bonds. The van der Waals surface area contributed by atoms with Crippen molar-refractivity contribution >= 4 is 29.3 Å². The molecule has 5 heteroatoms. The van der Waals surface area contributed by atoms with Gasteiger partial charge in [-0.2, -0.15) is 0 Å². The fraction of sp³-hybridized carbons (Fsp3) is 0.250. The van der Waals surface area contributed by atoms with Gasteiger partial charge in [0.1, 0.15) is 0 Å². The van der Waals surface area contributed by atoms with Crippen LogP contribution in [0, 0.1) is 0 Å². The van der Waals surface area contributed by atoms with Crippen LogP contribution < -0.4 is 0 Å². The van der Waals surface area contributed by atoms with Gasteiger partial charge in [-0.05, 0) is 17.9 Å². The molecule has 0 fully saturated rings. The fourth-order valence-corrected chi connectivity index (χ4v) is 1.60. The molecule has 13 heavy (non-hydrogen) atoms. The molecule has 0 unspecified atom stereocenters. The lowest BCUT2D eigenvalue weighted by Gasteiger charge is -2.00. The minimum absolute atomic E-state index is 0.0832. The van der Waals surface area contributed by atoms with E-state index in [4.69, 9.17) is 16.7 Å². The van der Waals surface area contributed by atoms with Gasteiger partial charge in [-0.1, -0.05) is 18.5 Å². The summed E-state index contributed by atoms with van der Waals surface area (Å²) in [6.07, 6.45) is 0. The predicted octanol–water partition coefficient (Wildman–Crippen LogP) is 2.55. The molecule has 0 aromatic carbocycles. The molecule has 0 atom stereocenters. The lowest BCUT2D eigenvalue weighted by molar-refractivity contribution is 0.0690. The van der Waals surface area contributed by atoms with Crippen molar-refractivity contribution in [1.82, 2.24) is 4.98 Å². The smallest absolute Gasteiger partial charge is 0.356 e. The lowest BCUT2D eigenvalue weighted by atomic mass is 10.3. The number of carbonyl (C=O) groups is 1. The number of pyridine rings is 1. The Kier molecular flexibility index (Phi) is 3.57. The minimum Gasteiger partial charge on any atom is -0.476 e. The van der Waals surface area contributed by atoms with Crippen LogP contribution in [0.2, 0.25) is 5.02 Å². The number of carboxylic acids is 1. The molecule has 0 radical (unpaired) electrons. The average Bonchev–Trinajstić information content (AvgIpc) is 2.08. The molecule has 0 aliphatic heterocycles. The quantitative estimate of drug-likeness (QED) is 0.791. The molecule has 1 rings (SSSR count). The van der Waals surface area contributed by atoms with Gasteiger partial charge < -0.3 is 5.11 Å². The van der Waals surface area contributed by atoms with Crippen molar-refractivity contribution in [2.24, 2.45) is 0 Å². The monoisotopic (exact) mass is 217 g/mol. The van der Waals surface area contributed by atoms with Crippen molar-refractivity contribution in [3.05, 3.63) is 22.8 Å². The number of rotatable bonds is 3. The van der Waals surface area contributed by atoms with Gasteiger partial charge in [0.15, 0.2) is 5.69 Å². The van der Waals surface area contributed by atoms with Gasteiger partial charge in [-0.15, -0.1) is 11.8 Å². The molecule has 1 heterocycles. The number of thioether (sulfide) groups is 1. The molecule has 0 spiro atoms. The Labute approximate surface area is 85.1 Å². The Hall–Kier alpha value is -0.740. The second kappa shape index (κ2) is 4.48. The first kappa shape index (κ1) is 10.3. The van der Waals surface area contributed by atoms with E-state index in [2.05, 4.69) is 4.98 Å². The van der Waals surface area contributed by atoms with E-state index >= 15 is 0 Å². The van der Waals surface area contributed by atoms with E-state index in [1.54, 1.807) is 12.1 Å². The summed E-state index contributed by atoms with van der Waals surface area (Å²) in [5.74, 6) is -0.239. The molecule has 1 aromatic heterocycles. The van der Waals surface area contributed by atoms with E-state index in [-0.39, 0.29) is 10.7 Å². The highest BCUT2D eigenvalue weighted by atomic mass is 35.5. The van der Waals surface area contributed by atoms with Gasteiger partial charge in [-0.25, -0.2) is 9.78 Å². The zero-order valence-corrected chi connectivity index (χ0v) is 8.52. The zero-order valence-electron chi connectivity index (χ0n) is 6.95. The van der Waals surface area contributed by atoms with Gasteiger partial charge in [0.05, 0.1) is 10.0 Å². The number of hydrogen-bond acceptors (Lipinski definition) is 3. The lowest BCUT2D eigenvalue weighted by Crippen LogP contribution is -2.01. The van der Waals surface area contributed by atoms with Crippen molar-refractivity contribution < 1.29 is 9.90 Å². The Bertz CT molecular complexity index is 330. The maximum Gasteiger partial charge on any atom is 0.356 e. The van der Waals surface area contributed by atoms with Crippen LogP contribution in [0.5, 0.6) is 0 Å². The molecular weight excluding hydrogens is 210 g/mol. The molecule has 0 aliphatic carbocycles. The number of carboxylic acid groups (broad SMARTS) is 1. The number of aromatic nitrogens is 1. The first-order chi connectivity index (χ1) is 6.15. The average molecular weight is 218 g/mol. The summed E-state index contributed by atoms with van der Waals surface area (Å²) in [7, 11) is 0. The van der Waals surface area contributed by atoms with E-state index in [0.717, 1.165) is 5.75 Å². The SMILES string of the molecule is CCSc1ccc(Cl)c(C(=O)O)n1. The van der Waals surface area contributed by atoms with E-state index in [0.29, 0.717) is 5.03 Å². The molecule has 70 valence electrons. The third-order valence-corrected chi connectivity index (χ3v) is 2.43. The Morgan fingerprint density at radius 2 is 2.38 bits per heavy atom. The normalized spacial score (nSPS) is 10.0. The molecular formula is C8H8ClNO2S. The van der Waals surface area contributed by atoms with E-state index in [1.165, 1.54) is 11.8 Å². The van der Waals surface area contributed by atoms with Crippen molar-refractivity contribution in [3.8, 4) is 0 Å². The Balaban J connectivity index is 3.04. The van der Waals surface area contributed by atoms with Crippen LogP contribution in [0.3, 0.4) is 0 Å². The summed E-state index contributed by atoms with van der Waals surface area (Å²) < 4.78 is 0. The van der Waals surface area contributed by atoms with Crippen LogP contribution in [0.15, 0.2) is 17.2 Å². The van der Waals surface area contributed by atoms with Gasteiger partial charge >= 0.3 is 5.97 Å². The first-order valence-electron chi connectivity index (χ1n) is 3.67. The Morgan fingerprint density at radius 1 is 1.69 bits per heavy atom. The maximum absolute atomic E-state index is 10.6. The van der Waals surface area contributed by atoms with E-state index < -0.39 is 5.97 Å². The molecule has 1 N–H and O–H groups in total. The zero-order chi connectivity index (χ0) is 9.84. The van der Waals surface area contributed by atoms with Crippen molar-refractivity contribution in [1.29, 1.82) is 0 Å². The standard InChI is InChI=1S/C8H8ClNO2S/c1-2-13-6-4-3-5(9)7(10-6)8(11)12/h3-4H,2H2,1H3,(H,11,12).